The number of aromatic nitrogens is 2. The van der Waals surface area contributed by atoms with E-state index in [0.29, 0.717) is 5.56 Å². The molecule has 6 nitrogen and oxygen atoms in total. The van der Waals surface area contributed by atoms with E-state index in [1.165, 1.54) is 10.9 Å². The number of hydrogen-bond acceptors (Lipinski definition) is 4. The lowest BCUT2D eigenvalue weighted by Gasteiger charge is -2.08. The van der Waals surface area contributed by atoms with E-state index < -0.39 is 26.6 Å². The standard InChI is InChI=1S/C11H12F2N4O2S/c1-17-6-7(4-15-17)5-16-20(18,19)11-9(12)2-8(14)3-10(11)13/h2-4,6,16H,5,14H2,1H3. The molecule has 0 aliphatic rings. The number of rotatable bonds is 4. The summed E-state index contributed by atoms with van der Waals surface area (Å²) in [6, 6.07) is 1.50. The predicted molar refractivity (Wildman–Crippen MR) is 68.0 cm³/mol. The summed E-state index contributed by atoms with van der Waals surface area (Å²) in [6.07, 6.45) is 3.02. The van der Waals surface area contributed by atoms with E-state index >= 15 is 0 Å². The maximum absolute atomic E-state index is 13.6. The van der Waals surface area contributed by atoms with E-state index in [-0.39, 0.29) is 12.2 Å². The van der Waals surface area contributed by atoms with E-state index in [0.717, 1.165) is 12.1 Å². The van der Waals surface area contributed by atoms with Gasteiger partial charge in [-0.05, 0) is 12.1 Å². The van der Waals surface area contributed by atoms with Crippen molar-refractivity contribution in [1.82, 2.24) is 14.5 Å². The zero-order chi connectivity index (χ0) is 14.9. The minimum Gasteiger partial charge on any atom is -0.399 e. The van der Waals surface area contributed by atoms with Crippen molar-refractivity contribution in [3.8, 4) is 0 Å². The summed E-state index contributed by atoms with van der Waals surface area (Å²) in [7, 11) is -2.66. The minimum atomic E-state index is -4.32. The SMILES string of the molecule is Cn1cc(CNS(=O)(=O)c2c(F)cc(N)cc2F)cn1. The third-order valence-corrected chi connectivity index (χ3v) is 3.97. The van der Waals surface area contributed by atoms with Crippen molar-refractivity contribution in [3.05, 3.63) is 41.7 Å². The Hall–Kier alpha value is -2.00. The first-order valence-electron chi connectivity index (χ1n) is 5.51. The van der Waals surface area contributed by atoms with Crippen LogP contribution >= 0.6 is 0 Å². The summed E-state index contributed by atoms with van der Waals surface area (Å²) in [5.41, 5.74) is 5.61. The molecular formula is C11H12F2N4O2S. The molecule has 0 bridgehead atoms. The second-order valence-corrected chi connectivity index (χ2v) is 5.86. The van der Waals surface area contributed by atoms with Crippen molar-refractivity contribution in [2.75, 3.05) is 5.73 Å². The summed E-state index contributed by atoms with van der Waals surface area (Å²) >= 11 is 0. The molecule has 0 amide bonds. The lowest BCUT2D eigenvalue weighted by molar-refractivity contribution is 0.514. The molecule has 9 heteroatoms. The Labute approximate surface area is 114 Å². The summed E-state index contributed by atoms with van der Waals surface area (Å²) in [4.78, 5) is -1.05. The van der Waals surface area contributed by atoms with Crippen LogP contribution in [-0.2, 0) is 23.6 Å². The molecule has 0 radical (unpaired) electrons. The number of sulfonamides is 1. The Kier molecular flexibility index (Phi) is 3.73. The Bertz CT molecular complexity index is 720. The van der Waals surface area contributed by atoms with Gasteiger partial charge in [-0.2, -0.15) is 5.10 Å². The van der Waals surface area contributed by atoms with Crippen molar-refractivity contribution in [2.24, 2.45) is 7.05 Å². The van der Waals surface area contributed by atoms with Gasteiger partial charge in [-0.3, -0.25) is 4.68 Å². The molecule has 1 aromatic carbocycles. The van der Waals surface area contributed by atoms with Gasteiger partial charge in [0.05, 0.1) is 6.20 Å². The predicted octanol–water partition coefficient (Wildman–Crippen LogP) is 0.759. The van der Waals surface area contributed by atoms with Crippen LogP contribution in [0.5, 0.6) is 0 Å². The fourth-order valence-electron chi connectivity index (χ4n) is 1.65. The van der Waals surface area contributed by atoms with Gasteiger partial charge in [0.2, 0.25) is 10.0 Å². The van der Waals surface area contributed by atoms with Crippen LogP contribution in [-0.4, -0.2) is 18.2 Å². The van der Waals surface area contributed by atoms with E-state index in [9.17, 15) is 17.2 Å². The van der Waals surface area contributed by atoms with E-state index in [4.69, 9.17) is 5.73 Å². The Balaban J connectivity index is 2.27. The molecule has 1 heterocycles. The van der Waals surface area contributed by atoms with Crippen LogP contribution in [0.3, 0.4) is 0 Å². The highest BCUT2D eigenvalue weighted by atomic mass is 32.2. The molecular weight excluding hydrogens is 290 g/mol. The molecule has 0 saturated heterocycles. The Morgan fingerprint density at radius 2 is 1.95 bits per heavy atom. The van der Waals surface area contributed by atoms with E-state index in [2.05, 4.69) is 9.82 Å². The molecule has 0 fully saturated rings. The van der Waals surface area contributed by atoms with Gasteiger partial charge in [-0.25, -0.2) is 21.9 Å². The van der Waals surface area contributed by atoms with Crippen LogP contribution in [0.15, 0.2) is 29.4 Å². The lowest BCUT2D eigenvalue weighted by Crippen LogP contribution is -2.25. The first-order chi connectivity index (χ1) is 9.29. The number of halogens is 2. The average molecular weight is 302 g/mol. The highest BCUT2D eigenvalue weighted by Gasteiger charge is 2.24. The highest BCUT2D eigenvalue weighted by molar-refractivity contribution is 7.89. The van der Waals surface area contributed by atoms with Crippen LogP contribution in [0.1, 0.15) is 5.56 Å². The molecule has 2 rings (SSSR count). The molecule has 3 N–H and O–H groups in total. The van der Waals surface area contributed by atoms with Gasteiger partial charge < -0.3 is 5.73 Å². The van der Waals surface area contributed by atoms with Gasteiger partial charge in [0.15, 0.2) is 4.90 Å². The summed E-state index contributed by atoms with van der Waals surface area (Å²) < 4.78 is 54.6. The third kappa shape index (κ3) is 2.94. The van der Waals surface area contributed by atoms with Crippen LogP contribution in [0, 0.1) is 11.6 Å². The maximum atomic E-state index is 13.6. The molecule has 0 spiro atoms. The van der Waals surface area contributed by atoms with Gasteiger partial charge in [-0.1, -0.05) is 0 Å². The average Bonchev–Trinajstić information content (AvgIpc) is 2.71. The molecule has 20 heavy (non-hydrogen) atoms. The molecule has 0 aliphatic heterocycles. The number of nitrogens with two attached hydrogens (primary N) is 1. The zero-order valence-electron chi connectivity index (χ0n) is 10.5. The highest BCUT2D eigenvalue weighted by Crippen LogP contribution is 2.21. The number of anilines is 1. The zero-order valence-corrected chi connectivity index (χ0v) is 11.3. The molecule has 0 aliphatic carbocycles. The van der Waals surface area contributed by atoms with Gasteiger partial charge in [0.1, 0.15) is 11.6 Å². The molecule has 2 aromatic rings. The fraction of sp³-hybridized carbons (Fsp3) is 0.182. The van der Waals surface area contributed by atoms with Gasteiger partial charge in [-0.15, -0.1) is 0 Å². The fourth-order valence-corrected chi connectivity index (χ4v) is 2.78. The molecule has 0 unspecified atom stereocenters. The maximum Gasteiger partial charge on any atom is 0.246 e. The van der Waals surface area contributed by atoms with Crippen LogP contribution in [0.4, 0.5) is 14.5 Å². The van der Waals surface area contributed by atoms with Gasteiger partial charge in [0, 0.05) is 31.0 Å². The smallest absolute Gasteiger partial charge is 0.246 e. The first kappa shape index (κ1) is 14.4. The third-order valence-electron chi connectivity index (χ3n) is 2.51. The first-order valence-corrected chi connectivity index (χ1v) is 6.99. The van der Waals surface area contributed by atoms with Gasteiger partial charge in [0.25, 0.3) is 0 Å². The van der Waals surface area contributed by atoms with Crippen LogP contribution in [0.25, 0.3) is 0 Å². The number of hydrogen-bond donors (Lipinski definition) is 2. The van der Waals surface area contributed by atoms with Crippen molar-refractivity contribution in [2.45, 2.75) is 11.4 Å². The normalized spacial score (nSPS) is 11.8. The molecule has 0 atom stereocenters. The lowest BCUT2D eigenvalue weighted by atomic mass is 10.3. The number of nitrogens with one attached hydrogen (secondary N) is 1. The number of nitrogens with zero attached hydrogens (tertiary/aromatic N) is 2. The molecule has 0 saturated carbocycles. The van der Waals surface area contributed by atoms with Crippen molar-refractivity contribution < 1.29 is 17.2 Å². The quantitative estimate of drug-likeness (QED) is 0.816. The summed E-state index contributed by atoms with van der Waals surface area (Å²) in [6.45, 7) is -0.126. The Morgan fingerprint density at radius 3 is 2.45 bits per heavy atom. The number of nitrogen functional groups attached to an aromatic ring is 1. The Morgan fingerprint density at radius 1 is 1.35 bits per heavy atom. The van der Waals surface area contributed by atoms with E-state index in [1.54, 1.807) is 13.2 Å². The summed E-state index contributed by atoms with van der Waals surface area (Å²) in [5, 5.41) is 3.85. The minimum absolute atomic E-state index is 0.126. The van der Waals surface area contributed by atoms with Crippen LogP contribution in [0.2, 0.25) is 0 Å². The van der Waals surface area contributed by atoms with E-state index in [1.807, 2.05) is 0 Å². The monoisotopic (exact) mass is 302 g/mol. The molecule has 108 valence electrons. The largest absolute Gasteiger partial charge is 0.399 e. The number of aryl methyl sites for hydroxylation is 1. The molecule has 1 aromatic heterocycles. The topological polar surface area (TPSA) is 90.0 Å². The van der Waals surface area contributed by atoms with Crippen molar-refractivity contribution in [3.63, 3.8) is 0 Å². The summed E-state index contributed by atoms with van der Waals surface area (Å²) in [5.74, 6) is -2.47. The van der Waals surface area contributed by atoms with Crippen molar-refractivity contribution >= 4 is 15.7 Å². The second-order valence-electron chi connectivity index (χ2n) is 4.16. The van der Waals surface area contributed by atoms with Crippen molar-refractivity contribution in [1.29, 1.82) is 0 Å². The second kappa shape index (κ2) is 5.17. The van der Waals surface area contributed by atoms with Gasteiger partial charge >= 0.3 is 0 Å². The van der Waals surface area contributed by atoms with Crippen LogP contribution < -0.4 is 10.5 Å². The number of benzene rings is 1.